The van der Waals surface area contributed by atoms with Crippen LogP contribution in [-0.4, -0.2) is 0 Å². The molecule has 0 amide bonds. The first-order valence-corrected chi connectivity index (χ1v) is 7.04. The van der Waals surface area contributed by atoms with Crippen molar-refractivity contribution in [3.63, 3.8) is 0 Å². The average Bonchev–Trinajstić information content (AvgIpc) is 2.45. The lowest BCUT2D eigenvalue weighted by Crippen LogP contribution is -1.92. The Balaban J connectivity index is 2.06. The van der Waals surface area contributed by atoms with Crippen LogP contribution in [0.25, 0.3) is 10.8 Å². The van der Waals surface area contributed by atoms with Crippen molar-refractivity contribution >= 4 is 38.1 Å². The Morgan fingerprint density at radius 3 is 2.21 bits per heavy atom. The van der Waals surface area contributed by atoms with E-state index < -0.39 is 0 Å². The third-order valence-electron chi connectivity index (χ3n) is 3.27. The van der Waals surface area contributed by atoms with Gasteiger partial charge >= 0.3 is 0 Å². The van der Waals surface area contributed by atoms with Crippen LogP contribution in [-0.2, 0) is 0 Å². The van der Waals surface area contributed by atoms with Gasteiger partial charge in [0.05, 0.1) is 0 Å². The second-order valence-corrected chi connectivity index (χ2v) is 5.52. The number of halogens is 1. The fraction of sp³-hybridized carbons (Fsp3) is 0.0588. The van der Waals surface area contributed by atoms with Gasteiger partial charge < -0.3 is 5.32 Å². The van der Waals surface area contributed by atoms with E-state index in [1.165, 1.54) is 16.3 Å². The minimum absolute atomic E-state index is 1.09. The fourth-order valence-corrected chi connectivity index (χ4v) is 2.51. The molecule has 0 fully saturated rings. The highest BCUT2D eigenvalue weighted by atomic mass is 79.9. The topological polar surface area (TPSA) is 12.0 Å². The highest BCUT2D eigenvalue weighted by Gasteiger charge is 2.03. The smallest absolute Gasteiger partial charge is 0.0464 e. The zero-order valence-corrected chi connectivity index (χ0v) is 12.2. The summed E-state index contributed by atoms with van der Waals surface area (Å²) in [6.07, 6.45) is 0. The molecule has 0 spiro atoms. The molecule has 19 heavy (non-hydrogen) atoms. The molecule has 0 aromatic heterocycles. The predicted molar refractivity (Wildman–Crippen MR) is 86.1 cm³/mol. The summed E-state index contributed by atoms with van der Waals surface area (Å²) >= 11 is 3.45. The van der Waals surface area contributed by atoms with Gasteiger partial charge in [0.2, 0.25) is 0 Å². The summed E-state index contributed by atoms with van der Waals surface area (Å²) in [6, 6.07) is 21.0. The SMILES string of the molecule is Cc1ccc(Nc2ccc(Br)cc2)c2ccccc12. The second-order valence-electron chi connectivity index (χ2n) is 4.61. The van der Waals surface area contributed by atoms with E-state index >= 15 is 0 Å². The molecule has 0 saturated heterocycles. The Bertz CT molecular complexity index is 717. The third kappa shape index (κ3) is 2.49. The normalized spacial score (nSPS) is 10.6. The maximum Gasteiger partial charge on any atom is 0.0464 e. The molecule has 1 N–H and O–H groups in total. The molecule has 3 rings (SSSR count). The number of hydrogen-bond donors (Lipinski definition) is 1. The van der Waals surface area contributed by atoms with Gasteiger partial charge in [-0.05, 0) is 48.2 Å². The van der Waals surface area contributed by atoms with E-state index in [-0.39, 0.29) is 0 Å². The van der Waals surface area contributed by atoms with Crippen LogP contribution in [0.15, 0.2) is 65.1 Å². The Hall–Kier alpha value is -1.80. The Kier molecular flexibility index (Phi) is 3.26. The van der Waals surface area contributed by atoms with E-state index in [1.54, 1.807) is 0 Å². The van der Waals surface area contributed by atoms with E-state index in [0.717, 1.165) is 15.8 Å². The van der Waals surface area contributed by atoms with Gasteiger partial charge in [0.25, 0.3) is 0 Å². The predicted octanol–water partition coefficient (Wildman–Crippen LogP) is 5.65. The molecule has 0 radical (unpaired) electrons. The van der Waals surface area contributed by atoms with Crippen LogP contribution in [0.4, 0.5) is 11.4 Å². The number of anilines is 2. The van der Waals surface area contributed by atoms with Gasteiger partial charge in [0.1, 0.15) is 0 Å². The molecule has 0 bridgehead atoms. The molecule has 3 aromatic carbocycles. The van der Waals surface area contributed by atoms with Gasteiger partial charge in [0.15, 0.2) is 0 Å². The number of benzene rings is 3. The van der Waals surface area contributed by atoms with Gasteiger partial charge in [-0.3, -0.25) is 0 Å². The summed E-state index contributed by atoms with van der Waals surface area (Å²) < 4.78 is 1.09. The van der Waals surface area contributed by atoms with E-state index in [0.29, 0.717) is 0 Å². The van der Waals surface area contributed by atoms with Crippen LogP contribution in [0.2, 0.25) is 0 Å². The molecule has 2 heteroatoms. The largest absolute Gasteiger partial charge is 0.355 e. The lowest BCUT2D eigenvalue weighted by Gasteiger charge is -2.11. The van der Waals surface area contributed by atoms with Crippen molar-refractivity contribution in [2.45, 2.75) is 6.92 Å². The highest BCUT2D eigenvalue weighted by molar-refractivity contribution is 9.10. The molecule has 94 valence electrons. The lowest BCUT2D eigenvalue weighted by molar-refractivity contribution is 1.50. The number of nitrogens with one attached hydrogen (secondary N) is 1. The first-order chi connectivity index (χ1) is 9.24. The molecule has 0 atom stereocenters. The second kappa shape index (κ2) is 5.06. The van der Waals surface area contributed by atoms with E-state index in [2.05, 4.69) is 76.7 Å². The lowest BCUT2D eigenvalue weighted by atomic mass is 10.0. The Morgan fingerprint density at radius 2 is 1.47 bits per heavy atom. The van der Waals surface area contributed by atoms with Gasteiger partial charge in [-0.25, -0.2) is 0 Å². The van der Waals surface area contributed by atoms with E-state index in [4.69, 9.17) is 0 Å². The minimum atomic E-state index is 1.09. The van der Waals surface area contributed by atoms with Crippen molar-refractivity contribution in [2.75, 3.05) is 5.32 Å². The van der Waals surface area contributed by atoms with Gasteiger partial charge in [-0.15, -0.1) is 0 Å². The molecular weight excluding hydrogens is 298 g/mol. The fourth-order valence-electron chi connectivity index (χ4n) is 2.25. The van der Waals surface area contributed by atoms with E-state index in [9.17, 15) is 0 Å². The van der Waals surface area contributed by atoms with Crippen LogP contribution in [0.5, 0.6) is 0 Å². The van der Waals surface area contributed by atoms with Crippen molar-refractivity contribution in [2.24, 2.45) is 0 Å². The van der Waals surface area contributed by atoms with Crippen molar-refractivity contribution in [3.05, 3.63) is 70.7 Å². The van der Waals surface area contributed by atoms with Gasteiger partial charge in [-0.1, -0.05) is 46.3 Å². The van der Waals surface area contributed by atoms with Crippen LogP contribution in [0, 0.1) is 6.92 Å². The number of aryl methyl sites for hydroxylation is 1. The summed E-state index contributed by atoms with van der Waals surface area (Å²) in [5, 5.41) is 6.03. The third-order valence-corrected chi connectivity index (χ3v) is 3.79. The Labute approximate surface area is 121 Å². The molecule has 0 aliphatic carbocycles. The van der Waals surface area contributed by atoms with Crippen LogP contribution < -0.4 is 5.32 Å². The van der Waals surface area contributed by atoms with Crippen molar-refractivity contribution in [1.29, 1.82) is 0 Å². The minimum Gasteiger partial charge on any atom is -0.355 e. The first-order valence-electron chi connectivity index (χ1n) is 6.25. The molecule has 3 aromatic rings. The average molecular weight is 312 g/mol. The number of hydrogen-bond acceptors (Lipinski definition) is 1. The monoisotopic (exact) mass is 311 g/mol. The summed E-state index contributed by atoms with van der Waals surface area (Å²) in [5.74, 6) is 0. The maximum atomic E-state index is 3.48. The van der Waals surface area contributed by atoms with Crippen molar-refractivity contribution < 1.29 is 0 Å². The summed E-state index contributed by atoms with van der Waals surface area (Å²) in [6.45, 7) is 2.14. The maximum absolute atomic E-state index is 3.48. The standard InChI is InChI=1S/C17H14BrN/c1-12-6-11-17(16-5-3-2-4-15(12)16)19-14-9-7-13(18)8-10-14/h2-11,19H,1H3. The summed E-state index contributed by atoms with van der Waals surface area (Å²) in [5.41, 5.74) is 3.54. The Morgan fingerprint density at radius 1 is 0.789 bits per heavy atom. The number of rotatable bonds is 2. The highest BCUT2D eigenvalue weighted by Crippen LogP contribution is 2.29. The van der Waals surface area contributed by atoms with E-state index in [1.807, 2.05) is 12.1 Å². The molecule has 0 unspecified atom stereocenters. The summed E-state index contributed by atoms with van der Waals surface area (Å²) in [7, 11) is 0. The number of fused-ring (bicyclic) bond motifs is 1. The molecule has 0 saturated carbocycles. The summed E-state index contributed by atoms with van der Waals surface area (Å²) in [4.78, 5) is 0. The quantitative estimate of drug-likeness (QED) is 0.644. The van der Waals surface area contributed by atoms with Gasteiger partial charge in [0, 0.05) is 21.2 Å². The first kappa shape index (κ1) is 12.2. The van der Waals surface area contributed by atoms with Crippen LogP contribution >= 0.6 is 15.9 Å². The zero-order chi connectivity index (χ0) is 13.2. The van der Waals surface area contributed by atoms with Crippen molar-refractivity contribution in [3.8, 4) is 0 Å². The van der Waals surface area contributed by atoms with Crippen LogP contribution in [0.3, 0.4) is 0 Å². The zero-order valence-electron chi connectivity index (χ0n) is 10.7. The van der Waals surface area contributed by atoms with Crippen LogP contribution in [0.1, 0.15) is 5.56 Å². The molecular formula is C17H14BrN. The molecule has 0 aliphatic rings. The molecule has 0 aliphatic heterocycles. The van der Waals surface area contributed by atoms with Crippen molar-refractivity contribution in [1.82, 2.24) is 0 Å². The molecule has 0 heterocycles. The van der Waals surface area contributed by atoms with Gasteiger partial charge in [-0.2, -0.15) is 0 Å². The molecule has 1 nitrogen and oxygen atoms in total.